The van der Waals surface area contributed by atoms with E-state index in [0.717, 1.165) is 24.2 Å². The van der Waals surface area contributed by atoms with Gasteiger partial charge in [-0.25, -0.2) is 9.37 Å². The second-order valence-corrected chi connectivity index (χ2v) is 6.72. The zero-order valence-electron chi connectivity index (χ0n) is 14.2. The normalized spacial score (nSPS) is 13.4. The second-order valence-electron chi connectivity index (χ2n) is 6.31. The highest BCUT2D eigenvalue weighted by atomic mass is 35.5. The molecule has 0 unspecified atom stereocenters. The van der Waals surface area contributed by atoms with Gasteiger partial charge in [-0.05, 0) is 49.2 Å². The number of hydrogen-bond acceptors (Lipinski definition) is 4. The molecule has 1 heterocycles. The van der Waals surface area contributed by atoms with E-state index in [0.29, 0.717) is 23.2 Å². The Bertz CT molecular complexity index is 970. The van der Waals surface area contributed by atoms with Crippen LogP contribution in [-0.4, -0.2) is 27.7 Å². The molecule has 0 atom stereocenters. The van der Waals surface area contributed by atoms with E-state index in [9.17, 15) is 9.18 Å². The SMILES string of the molecule is O=C(COc1ccc(F)c(Cl)c1)Nc1ccc(-c2n[nH]c(C3CC3)n2)cc1. The minimum Gasteiger partial charge on any atom is -0.484 e. The minimum atomic E-state index is -0.538. The van der Waals surface area contributed by atoms with Crippen molar-refractivity contribution in [2.75, 3.05) is 11.9 Å². The summed E-state index contributed by atoms with van der Waals surface area (Å²) in [6.45, 7) is -0.213. The molecule has 2 N–H and O–H groups in total. The lowest BCUT2D eigenvalue weighted by Gasteiger charge is -2.08. The fourth-order valence-corrected chi connectivity index (χ4v) is 2.73. The van der Waals surface area contributed by atoms with Crippen LogP contribution in [0.1, 0.15) is 24.6 Å². The van der Waals surface area contributed by atoms with Crippen LogP contribution in [0.25, 0.3) is 11.4 Å². The first kappa shape index (κ1) is 17.5. The molecule has 1 aliphatic rings. The van der Waals surface area contributed by atoms with Crippen LogP contribution in [-0.2, 0) is 4.79 Å². The summed E-state index contributed by atoms with van der Waals surface area (Å²) in [6.07, 6.45) is 2.32. The molecule has 2 aromatic carbocycles. The Kier molecular flexibility index (Phi) is 4.77. The van der Waals surface area contributed by atoms with Crippen LogP contribution >= 0.6 is 11.6 Å². The number of H-pyrrole nitrogens is 1. The van der Waals surface area contributed by atoms with E-state index in [-0.39, 0.29) is 17.5 Å². The number of amides is 1. The monoisotopic (exact) mass is 386 g/mol. The van der Waals surface area contributed by atoms with Crippen molar-refractivity contribution in [2.24, 2.45) is 0 Å². The van der Waals surface area contributed by atoms with Crippen LogP contribution in [0.15, 0.2) is 42.5 Å². The zero-order valence-corrected chi connectivity index (χ0v) is 15.0. The Labute approximate surface area is 159 Å². The van der Waals surface area contributed by atoms with Gasteiger partial charge in [-0.3, -0.25) is 9.89 Å². The summed E-state index contributed by atoms with van der Waals surface area (Å²) in [4.78, 5) is 16.5. The summed E-state index contributed by atoms with van der Waals surface area (Å²) in [5, 5.41) is 9.88. The molecule has 0 spiro atoms. The van der Waals surface area contributed by atoms with Gasteiger partial charge in [0.2, 0.25) is 0 Å². The fourth-order valence-electron chi connectivity index (χ4n) is 2.56. The van der Waals surface area contributed by atoms with E-state index >= 15 is 0 Å². The number of halogens is 2. The molecule has 1 aliphatic carbocycles. The van der Waals surface area contributed by atoms with Crippen molar-refractivity contribution in [1.29, 1.82) is 0 Å². The second kappa shape index (κ2) is 7.36. The molecular weight excluding hydrogens is 371 g/mol. The molecule has 27 heavy (non-hydrogen) atoms. The first-order chi connectivity index (χ1) is 13.1. The molecule has 1 saturated carbocycles. The molecule has 6 nitrogen and oxygen atoms in total. The number of aromatic nitrogens is 3. The van der Waals surface area contributed by atoms with Crippen LogP contribution in [0.3, 0.4) is 0 Å². The molecule has 8 heteroatoms. The first-order valence-corrected chi connectivity index (χ1v) is 8.87. The van der Waals surface area contributed by atoms with Crippen LogP contribution in [0.5, 0.6) is 5.75 Å². The number of benzene rings is 2. The van der Waals surface area contributed by atoms with Gasteiger partial charge in [0.1, 0.15) is 17.4 Å². The highest BCUT2D eigenvalue weighted by molar-refractivity contribution is 6.30. The average Bonchev–Trinajstić information content (AvgIpc) is 3.40. The Morgan fingerprint density at radius 3 is 2.74 bits per heavy atom. The molecule has 4 rings (SSSR count). The van der Waals surface area contributed by atoms with Gasteiger partial charge in [0, 0.05) is 23.2 Å². The quantitative estimate of drug-likeness (QED) is 0.666. The Morgan fingerprint density at radius 1 is 1.26 bits per heavy atom. The molecule has 1 fully saturated rings. The Balaban J connectivity index is 1.33. The summed E-state index contributed by atoms with van der Waals surface area (Å²) in [6, 6.07) is 11.2. The van der Waals surface area contributed by atoms with E-state index in [1.54, 1.807) is 12.1 Å². The van der Waals surface area contributed by atoms with Crippen LogP contribution in [0.2, 0.25) is 5.02 Å². The number of anilines is 1. The van der Waals surface area contributed by atoms with Crippen molar-refractivity contribution in [1.82, 2.24) is 15.2 Å². The largest absolute Gasteiger partial charge is 0.484 e. The molecule has 0 aliphatic heterocycles. The Morgan fingerprint density at radius 2 is 2.04 bits per heavy atom. The van der Waals surface area contributed by atoms with Crippen LogP contribution < -0.4 is 10.1 Å². The molecule has 1 aromatic heterocycles. The maximum Gasteiger partial charge on any atom is 0.262 e. The standard InChI is InChI=1S/C19H16ClFN4O2/c20-15-9-14(7-8-16(15)21)27-10-17(26)22-13-5-3-12(4-6-13)19-23-18(24-25-19)11-1-2-11/h3-9,11H,1-2,10H2,(H,22,26)(H,23,24,25). The fraction of sp³-hybridized carbons (Fsp3) is 0.211. The molecule has 0 saturated heterocycles. The van der Waals surface area contributed by atoms with Crippen molar-refractivity contribution in [2.45, 2.75) is 18.8 Å². The van der Waals surface area contributed by atoms with Gasteiger partial charge in [0.15, 0.2) is 12.4 Å². The van der Waals surface area contributed by atoms with Gasteiger partial charge in [0.25, 0.3) is 5.91 Å². The van der Waals surface area contributed by atoms with E-state index in [4.69, 9.17) is 16.3 Å². The lowest BCUT2D eigenvalue weighted by atomic mass is 10.2. The molecule has 0 radical (unpaired) electrons. The summed E-state index contributed by atoms with van der Waals surface area (Å²) in [7, 11) is 0. The number of aromatic amines is 1. The first-order valence-electron chi connectivity index (χ1n) is 8.49. The van der Waals surface area contributed by atoms with Gasteiger partial charge < -0.3 is 10.1 Å². The van der Waals surface area contributed by atoms with Gasteiger partial charge in [0.05, 0.1) is 5.02 Å². The topological polar surface area (TPSA) is 79.9 Å². The van der Waals surface area contributed by atoms with Gasteiger partial charge in [-0.1, -0.05) is 11.6 Å². The smallest absolute Gasteiger partial charge is 0.262 e. The number of nitrogens with one attached hydrogen (secondary N) is 2. The van der Waals surface area contributed by atoms with Crippen molar-refractivity contribution >= 4 is 23.2 Å². The maximum atomic E-state index is 13.1. The molecular formula is C19H16ClFN4O2. The predicted octanol–water partition coefficient (Wildman–Crippen LogP) is 4.16. The average molecular weight is 387 g/mol. The van der Waals surface area contributed by atoms with Crippen molar-refractivity contribution < 1.29 is 13.9 Å². The maximum absolute atomic E-state index is 13.1. The van der Waals surface area contributed by atoms with E-state index in [2.05, 4.69) is 20.5 Å². The van der Waals surface area contributed by atoms with Crippen molar-refractivity contribution in [3.8, 4) is 17.1 Å². The van der Waals surface area contributed by atoms with Gasteiger partial charge >= 0.3 is 0 Å². The summed E-state index contributed by atoms with van der Waals surface area (Å²) in [5.74, 6) is 1.54. The van der Waals surface area contributed by atoms with Crippen molar-refractivity contribution in [3.05, 3.63) is 59.1 Å². The third-order valence-corrected chi connectivity index (χ3v) is 4.44. The lowest BCUT2D eigenvalue weighted by molar-refractivity contribution is -0.118. The zero-order chi connectivity index (χ0) is 18.8. The number of ether oxygens (including phenoxy) is 1. The van der Waals surface area contributed by atoms with Gasteiger partial charge in [-0.2, -0.15) is 5.10 Å². The van der Waals surface area contributed by atoms with E-state index < -0.39 is 5.82 Å². The summed E-state index contributed by atoms with van der Waals surface area (Å²) < 4.78 is 18.4. The summed E-state index contributed by atoms with van der Waals surface area (Å²) in [5.41, 5.74) is 1.50. The van der Waals surface area contributed by atoms with E-state index in [1.807, 2.05) is 12.1 Å². The highest BCUT2D eigenvalue weighted by Crippen LogP contribution is 2.38. The third kappa shape index (κ3) is 4.25. The summed E-state index contributed by atoms with van der Waals surface area (Å²) >= 11 is 5.68. The Hall–Kier alpha value is -2.93. The van der Waals surface area contributed by atoms with Crippen LogP contribution in [0, 0.1) is 5.82 Å². The third-order valence-electron chi connectivity index (χ3n) is 4.15. The van der Waals surface area contributed by atoms with Crippen molar-refractivity contribution in [3.63, 3.8) is 0 Å². The lowest BCUT2D eigenvalue weighted by Crippen LogP contribution is -2.20. The van der Waals surface area contributed by atoms with Gasteiger partial charge in [-0.15, -0.1) is 0 Å². The number of hydrogen-bond donors (Lipinski definition) is 2. The number of carbonyl (C=O) groups excluding carboxylic acids is 1. The molecule has 1 amide bonds. The van der Waals surface area contributed by atoms with E-state index in [1.165, 1.54) is 18.2 Å². The minimum absolute atomic E-state index is 0.0553. The highest BCUT2D eigenvalue weighted by Gasteiger charge is 2.27. The number of carbonyl (C=O) groups is 1. The number of rotatable bonds is 6. The molecule has 3 aromatic rings. The predicted molar refractivity (Wildman–Crippen MR) is 99.3 cm³/mol. The molecule has 138 valence electrons. The molecule has 0 bridgehead atoms. The number of nitrogens with zero attached hydrogens (tertiary/aromatic N) is 2. The van der Waals surface area contributed by atoms with Crippen LogP contribution in [0.4, 0.5) is 10.1 Å².